The third kappa shape index (κ3) is 3.43. The summed E-state index contributed by atoms with van der Waals surface area (Å²) in [6.45, 7) is 0.0948. The molecule has 0 bridgehead atoms. The van der Waals surface area contributed by atoms with Crippen molar-refractivity contribution in [2.45, 2.75) is 6.54 Å². The number of carboxylic acids is 1. The third-order valence-corrected chi connectivity index (χ3v) is 4.41. The molecule has 136 valence electrons. The second-order valence-corrected chi connectivity index (χ2v) is 6.04. The number of hydrogen-bond donors (Lipinski definition) is 3. The Morgan fingerprint density at radius 1 is 1.11 bits per heavy atom. The molecule has 4 N–H and O–H groups in total. The van der Waals surface area contributed by atoms with Crippen LogP contribution in [0.2, 0.25) is 0 Å². The van der Waals surface area contributed by atoms with Crippen LogP contribution in [0.1, 0.15) is 27.3 Å². The van der Waals surface area contributed by atoms with E-state index in [1.54, 1.807) is 6.07 Å². The molecular weight excluding hydrogens is 362 g/mol. The van der Waals surface area contributed by atoms with Gasteiger partial charge in [0.1, 0.15) is 0 Å². The zero-order valence-electron chi connectivity index (χ0n) is 14.3. The quantitative estimate of drug-likeness (QED) is 0.488. The number of benzene rings is 2. The first-order valence-corrected chi connectivity index (χ1v) is 8.27. The van der Waals surface area contributed by atoms with Crippen LogP contribution in [0.5, 0.6) is 0 Å². The molecule has 0 aliphatic rings. The molecule has 2 aromatic carbocycles. The maximum absolute atomic E-state index is 11.6. The fraction of sp³-hybridized carbons (Fsp3) is 0.0476. The summed E-state index contributed by atoms with van der Waals surface area (Å²) < 4.78 is 0. The SMILES string of the molecule is Cl.NCc1nc2c(ccc3c[nH]c(C=Cc4ccccc4)cc32)c1C(=O)O. The molecule has 0 atom stereocenters. The maximum atomic E-state index is 11.6. The van der Waals surface area contributed by atoms with Crippen molar-refractivity contribution in [3.05, 3.63) is 77.2 Å². The zero-order valence-corrected chi connectivity index (χ0v) is 15.2. The highest BCUT2D eigenvalue weighted by atomic mass is 35.5. The second-order valence-electron chi connectivity index (χ2n) is 6.04. The van der Waals surface area contributed by atoms with Crippen LogP contribution in [-0.4, -0.2) is 21.0 Å². The highest BCUT2D eigenvalue weighted by Crippen LogP contribution is 2.30. The minimum atomic E-state index is -1.00. The van der Waals surface area contributed by atoms with Gasteiger partial charge >= 0.3 is 5.97 Å². The fourth-order valence-electron chi connectivity index (χ4n) is 3.16. The average Bonchev–Trinajstić information content (AvgIpc) is 3.06. The summed E-state index contributed by atoms with van der Waals surface area (Å²) in [6.07, 6.45) is 5.90. The van der Waals surface area contributed by atoms with E-state index in [0.717, 1.165) is 22.0 Å². The Labute approximate surface area is 161 Å². The highest BCUT2D eigenvalue weighted by molar-refractivity contribution is 6.13. The Morgan fingerprint density at radius 3 is 2.59 bits per heavy atom. The first-order chi connectivity index (χ1) is 12.7. The predicted molar refractivity (Wildman–Crippen MR) is 111 cm³/mol. The summed E-state index contributed by atoms with van der Waals surface area (Å²) in [5, 5.41) is 12.0. The number of H-pyrrole nitrogens is 1. The molecule has 4 rings (SSSR count). The molecule has 0 spiro atoms. The summed E-state index contributed by atoms with van der Waals surface area (Å²) in [5.74, 6) is -1.00. The van der Waals surface area contributed by atoms with Crippen LogP contribution < -0.4 is 5.73 Å². The predicted octanol–water partition coefficient (Wildman–Crippen LogP) is 4.47. The van der Waals surface area contributed by atoms with Crippen LogP contribution >= 0.6 is 12.4 Å². The van der Waals surface area contributed by atoms with E-state index in [1.165, 1.54) is 0 Å². The molecule has 0 aliphatic carbocycles. The summed E-state index contributed by atoms with van der Waals surface area (Å²) in [6, 6.07) is 15.7. The van der Waals surface area contributed by atoms with E-state index in [2.05, 4.69) is 9.97 Å². The van der Waals surface area contributed by atoms with Gasteiger partial charge in [-0.1, -0.05) is 48.5 Å². The number of fused-ring (bicyclic) bond motifs is 3. The summed E-state index contributed by atoms with van der Waals surface area (Å²) in [4.78, 5) is 19.4. The van der Waals surface area contributed by atoms with Crippen molar-refractivity contribution in [2.24, 2.45) is 5.73 Å². The van der Waals surface area contributed by atoms with Crippen molar-refractivity contribution < 1.29 is 9.90 Å². The molecule has 4 aromatic rings. The Balaban J connectivity index is 0.00000210. The molecule has 0 amide bonds. The standard InChI is InChI=1S/C21H17N3O2.ClH/c22-11-18-19(21(25)26)16-9-7-14-12-23-15(10-17(14)20(16)24-18)8-6-13-4-2-1-3-5-13;/h1-10,12,23H,11,22H2,(H,25,26);1H. The number of aromatic carboxylic acids is 1. The topological polar surface area (TPSA) is 92.0 Å². The fourth-order valence-corrected chi connectivity index (χ4v) is 3.16. The second kappa shape index (κ2) is 7.61. The van der Waals surface area contributed by atoms with E-state index in [-0.39, 0.29) is 24.5 Å². The van der Waals surface area contributed by atoms with E-state index in [1.807, 2.05) is 60.8 Å². The minimum absolute atomic E-state index is 0. The van der Waals surface area contributed by atoms with E-state index < -0.39 is 5.97 Å². The van der Waals surface area contributed by atoms with Crippen molar-refractivity contribution in [3.63, 3.8) is 0 Å². The lowest BCUT2D eigenvalue weighted by Crippen LogP contribution is -2.05. The van der Waals surface area contributed by atoms with Crippen LogP contribution in [0.3, 0.4) is 0 Å². The van der Waals surface area contributed by atoms with E-state index in [4.69, 9.17) is 5.73 Å². The third-order valence-electron chi connectivity index (χ3n) is 4.41. The smallest absolute Gasteiger partial charge is 0.338 e. The Morgan fingerprint density at radius 2 is 1.89 bits per heavy atom. The largest absolute Gasteiger partial charge is 0.478 e. The number of halogens is 1. The zero-order chi connectivity index (χ0) is 18.1. The number of carbonyl (C=O) groups is 1. The average molecular weight is 380 g/mol. The van der Waals surface area contributed by atoms with E-state index in [0.29, 0.717) is 16.6 Å². The molecule has 2 aromatic heterocycles. The van der Waals surface area contributed by atoms with Crippen LogP contribution in [-0.2, 0) is 6.54 Å². The van der Waals surface area contributed by atoms with Crippen molar-refractivity contribution >= 4 is 52.2 Å². The van der Waals surface area contributed by atoms with Crippen LogP contribution in [0.25, 0.3) is 33.8 Å². The lowest BCUT2D eigenvalue weighted by Gasteiger charge is -2.03. The summed E-state index contributed by atoms with van der Waals surface area (Å²) in [7, 11) is 0. The van der Waals surface area contributed by atoms with Gasteiger partial charge in [0.25, 0.3) is 0 Å². The number of aromatic amines is 1. The maximum Gasteiger partial charge on any atom is 0.338 e. The van der Waals surface area contributed by atoms with Gasteiger partial charge in [-0.2, -0.15) is 0 Å². The highest BCUT2D eigenvalue weighted by Gasteiger charge is 2.19. The number of aromatic nitrogens is 2. The van der Waals surface area contributed by atoms with Crippen LogP contribution in [0.15, 0.2) is 54.7 Å². The lowest BCUT2D eigenvalue weighted by molar-refractivity contribution is 0.0698. The molecular formula is C21H18ClN3O2. The number of carboxylic acid groups (broad SMARTS) is 1. The summed E-state index contributed by atoms with van der Waals surface area (Å²) in [5.41, 5.74) is 8.98. The van der Waals surface area contributed by atoms with Crippen LogP contribution in [0.4, 0.5) is 0 Å². The van der Waals surface area contributed by atoms with Gasteiger partial charge < -0.3 is 15.8 Å². The molecule has 0 saturated carbocycles. The Kier molecular flexibility index (Phi) is 5.26. The number of hydrogen-bond acceptors (Lipinski definition) is 3. The van der Waals surface area contributed by atoms with Crippen molar-refractivity contribution in [1.29, 1.82) is 0 Å². The van der Waals surface area contributed by atoms with Gasteiger partial charge in [-0.3, -0.25) is 0 Å². The van der Waals surface area contributed by atoms with Gasteiger partial charge in [-0.25, -0.2) is 9.78 Å². The number of nitrogens with zero attached hydrogens (tertiary/aromatic N) is 1. The van der Waals surface area contributed by atoms with Gasteiger partial charge in [-0.05, 0) is 23.1 Å². The molecule has 0 unspecified atom stereocenters. The van der Waals surface area contributed by atoms with Gasteiger partial charge in [0.05, 0.1) is 16.8 Å². The molecule has 6 heteroatoms. The van der Waals surface area contributed by atoms with E-state index >= 15 is 0 Å². The van der Waals surface area contributed by atoms with Crippen molar-refractivity contribution in [3.8, 4) is 0 Å². The van der Waals surface area contributed by atoms with Gasteiger partial charge in [0.2, 0.25) is 0 Å². The molecule has 0 radical (unpaired) electrons. The molecule has 5 nitrogen and oxygen atoms in total. The number of rotatable bonds is 4. The molecule has 0 fully saturated rings. The first kappa shape index (κ1) is 18.6. The first-order valence-electron chi connectivity index (χ1n) is 8.27. The van der Waals surface area contributed by atoms with Crippen molar-refractivity contribution in [2.75, 3.05) is 0 Å². The van der Waals surface area contributed by atoms with Gasteiger partial charge in [0, 0.05) is 29.2 Å². The molecule has 0 saturated heterocycles. The normalized spacial score (nSPS) is 11.1. The van der Waals surface area contributed by atoms with Gasteiger partial charge in [-0.15, -0.1) is 12.4 Å². The molecule has 0 aliphatic heterocycles. The molecule has 2 heterocycles. The lowest BCUT2D eigenvalue weighted by atomic mass is 10.1. The number of nitrogens with one attached hydrogen (secondary N) is 1. The monoisotopic (exact) mass is 379 g/mol. The van der Waals surface area contributed by atoms with Gasteiger partial charge in [0.15, 0.2) is 0 Å². The van der Waals surface area contributed by atoms with Crippen LogP contribution in [0, 0.1) is 0 Å². The Hall–Kier alpha value is -3.15. The number of nitrogens with two attached hydrogens (primary N) is 1. The van der Waals surface area contributed by atoms with E-state index in [9.17, 15) is 9.90 Å². The molecule has 27 heavy (non-hydrogen) atoms. The summed E-state index contributed by atoms with van der Waals surface area (Å²) >= 11 is 0. The minimum Gasteiger partial charge on any atom is -0.478 e. The van der Waals surface area contributed by atoms with Crippen molar-refractivity contribution in [1.82, 2.24) is 9.97 Å². The number of pyridine rings is 1. The Bertz CT molecular complexity index is 1150.